The van der Waals surface area contributed by atoms with Gasteiger partial charge in [0.2, 0.25) is 0 Å². The number of carbonyl (C=O) groups is 1. The molecule has 0 spiro atoms. The summed E-state index contributed by atoms with van der Waals surface area (Å²) in [6.07, 6.45) is 2.37. The zero-order chi connectivity index (χ0) is 30.0. The molecule has 4 heterocycles. The molecule has 44 heavy (non-hydrogen) atoms. The summed E-state index contributed by atoms with van der Waals surface area (Å²) in [5, 5.41) is 10.5. The van der Waals surface area contributed by atoms with Crippen molar-refractivity contribution in [3.8, 4) is 34.1 Å². The Bertz CT molecular complexity index is 1950. The largest absolute Gasteiger partial charge is 0.505 e. The van der Waals surface area contributed by atoms with Crippen molar-refractivity contribution in [3.63, 3.8) is 0 Å². The van der Waals surface area contributed by atoms with Crippen molar-refractivity contribution in [2.24, 2.45) is 0 Å². The lowest BCUT2D eigenvalue weighted by molar-refractivity contribution is 0.112. The van der Waals surface area contributed by atoms with Gasteiger partial charge in [0, 0.05) is 50.2 Å². The number of aromatic nitrogens is 4. The van der Waals surface area contributed by atoms with Crippen molar-refractivity contribution in [1.29, 1.82) is 0 Å². The van der Waals surface area contributed by atoms with Crippen molar-refractivity contribution in [3.05, 3.63) is 114 Å². The third-order valence-electron chi connectivity index (χ3n) is 8.14. The van der Waals surface area contributed by atoms with Gasteiger partial charge in [-0.25, -0.2) is 15.0 Å². The maximum atomic E-state index is 11.3. The second-order valence-corrected chi connectivity index (χ2v) is 10.9. The van der Waals surface area contributed by atoms with Crippen LogP contribution >= 0.6 is 0 Å². The highest BCUT2D eigenvalue weighted by molar-refractivity contribution is 5.85. The van der Waals surface area contributed by atoms with E-state index in [2.05, 4.69) is 55.7 Å². The third kappa shape index (κ3) is 5.14. The van der Waals surface area contributed by atoms with E-state index in [-0.39, 0.29) is 5.75 Å². The summed E-state index contributed by atoms with van der Waals surface area (Å²) in [5.41, 5.74) is 13.6. The predicted molar refractivity (Wildman–Crippen MR) is 173 cm³/mol. The highest BCUT2D eigenvalue weighted by Crippen LogP contribution is 2.33. The normalized spacial score (nSPS) is 13.8. The molecule has 6 aromatic rings. The molecule has 0 radical (unpaired) electrons. The number of anilines is 2. The Morgan fingerprint density at radius 1 is 0.818 bits per heavy atom. The number of para-hydroxylation sites is 1. The molecule has 0 atom stereocenters. The van der Waals surface area contributed by atoms with Gasteiger partial charge in [-0.05, 0) is 54.1 Å². The van der Waals surface area contributed by atoms with Crippen LogP contribution in [0.15, 0.2) is 103 Å². The van der Waals surface area contributed by atoms with E-state index < -0.39 is 0 Å². The topological polar surface area (TPSA) is 113 Å². The Kier molecular flexibility index (Phi) is 7.21. The van der Waals surface area contributed by atoms with Crippen LogP contribution in [0.5, 0.6) is 5.75 Å². The number of imidazole rings is 1. The molecule has 9 nitrogen and oxygen atoms in total. The zero-order valence-electron chi connectivity index (χ0n) is 24.0. The molecular formula is C35H31N7O2. The van der Waals surface area contributed by atoms with Gasteiger partial charge in [0.15, 0.2) is 17.8 Å². The van der Waals surface area contributed by atoms with Crippen molar-refractivity contribution in [2.45, 2.75) is 6.54 Å². The van der Waals surface area contributed by atoms with Crippen molar-refractivity contribution in [1.82, 2.24) is 24.4 Å². The second kappa shape index (κ2) is 11.6. The van der Waals surface area contributed by atoms with E-state index in [1.807, 2.05) is 54.6 Å². The molecule has 0 bridgehead atoms. The number of nitrogens with two attached hydrogens (primary N) is 1. The number of benzene rings is 3. The smallest absolute Gasteiger partial charge is 0.165 e. The number of phenols is 1. The zero-order valence-corrected chi connectivity index (χ0v) is 24.0. The molecule has 0 aliphatic carbocycles. The van der Waals surface area contributed by atoms with E-state index in [1.54, 1.807) is 12.3 Å². The van der Waals surface area contributed by atoms with Crippen LogP contribution in [0.3, 0.4) is 0 Å². The fraction of sp³-hybridized carbons (Fsp3) is 0.143. The van der Waals surface area contributed by atoms with Gasteiger partial charge in [0.05, 0.1) is 22.5 Å². The summed E-state index contributed by atoms with van der Waals surface area (Å²) in [6.45, 7) is 4.02. The van der Waals surface area contributed by atoms with E-state index in [9.17, 15) is 9.90 Å². The summed E-state index contributed by atoms with van der Waals surface area (Å²) in [6, 6.07) is 31.7. The minimum absolute atomic E-state index is 0.0522. The van der Waals surface area contributed by atoms with Gasteiger partial charge in [-0.3, -0.25) is 14.3 Å². The monoisotopic (exact) mass is 581 g/mol. The molecule has 7 rings (SSSR count). The maximum absolute atomic E-state index is 11.3. The third-order valence-corrected chi connectivity index (χ3v) is 8.14. The first-order valence-electron chi connectivity index (χ1n) is 14.6. The van der Waals surface area contributed by atoms with Gasteiger partial charge < -0.3 is 15.7 Å². The summed E-state index contributed by atoms with van der Waals surface area (Å²) < 4.78 is 2.05. The van der Waals surface area contributed by atoms with Crippen LogP contribution in [0.25, 0.3) is 39.5 Å². The SMILES string of the molecule is Nc1ncccc1-c1nc2ccc(-c3ccccc3)nc2n1-c1ccc(CN2CCN(c3cccc(C=O)c3O)CC2)cc1. The molecule has 1 aliphatic rings. The highest BCUT2D eigenvalue weighted by atomic mass is 16.3. The summed E-state index contributed by atoms with van der Waals surface area (Å²) in [7, 11) is 0. The number of nitrogen functional groups attached to an aromatic ring is 1. The number of carbonyl (C=O) groups excluding carboxylic acids is 1. The minimum Gasteiger partial charge on any atom is -0.505 e. The fourth-order valence-corrected chi connectivity index (χ4v) is 5.81. The Labute approximate surface area is 254 Å². The number of rotatable bonds is 7. The highest BCUT2D eigenvalue weighted by Gasteiger charge is 2.22. The lowest BCUT2D eigenvalue weighted by Crippen LogP contribution is -2.46. The lowest BCUT2D eigenvalue weighted by atomic mass is 10.1. The van der Waals surface area contributed by atoms with Crippen LogP contribution in [0, 0.1) is 0 Å². The first-order valence-corrected chi connectivity index (χ1v) is 14.6. The molecular weight excluding hydrogens is 550 g/mol. The molecule has 0 unspecified atom stereocenters. The fourth-order valence-electron chi connectivity index (χ4n) is 5.81. The summed E-state index contributed by atoms with van der Waals surface area (Å²) in [5.74, 6) is 1.15. The molecule has 1 saturated heterocycles. The molecule has 9 heteroatoms. The number of nitrogens with zero attached hydrogens (tertiary/aromatic N) is 6. The minimum atomic E-state index is 0.0522. The number of fused-ring (bicyclic) bond motifs is 1. The van der Waals surface area contributed by atoms with Crippen molar-refractivity contribution >= 4 is 29.0 Å². The lowest BCUT2D eigenvalue weighted by Gasteiger charge is -2.36. The maximum Gasteiger partial charge on any atom is 0.165 e. The Balaban J connectivity index is 1.16. The van der Waals surface area contributed by atoms with Gasteiger partial charge in [-0.1, -0.05) is 48.5 Å². The van der Waals surface area contributed by atoms with E-state index in [4.69, 9.17) is 15.7 Å². The van der Waals surface area contributed by atoms with E-state index >= 15 is 0 Å². The average molecular weight is 582 g/mol. The van der Waals surface area contributed by atoms with Crippen molar-refractivity contribution < 1.29 is 9.90 Å². The van der Waals surface area contributed by atoms with Crippen LogP contribution in [-0.2, 0) is 6.54 Å². The Morgan fingerprint density at radius 2 is 1.61 bits per heavy atom. The standard InChI is InChI=1S/C35H31N7O2/c36-33-28(9-5-17-37-33)34-39-30-16-15-29(25-6-2-1-3-7-25)38-35(30)42(34)27-13-11-24(12-14-27)22-40-18-20-41(21-19-40)31-10-4-8-26(23-43)32(31)44/h1-17,23,44H,18-22H2,(H2,36,37). The number of aromatic hydroxyl groups is 1. The van der Waals surface area contributed by atoms with Crippen LogP contribution in [-0.4, -0.2) is 62.0 Å². The number of aldehydes is 1. The van der Waals surface area contributed by atoms with Gasteiger partial charge in [-0.15, -0.1) is 0 Å². The average Bonchev–Trinajstić information content (AvgIpc) is 3.45. The first kappa shape index (κ1) is 27.3. The molecule has 3 N–H and O–H groups in total. The summed E-state index contributed by atoms with van der Waals surface area (Å²) >= 11 is 0. The van der Waals surface area contributed by atoms with E-state index in [0.717, 1.165) is 66.4 Å². The molecule has 0 saturated carbocycles. The number of piperazine rings is 1. The molecule has 1 fully saturated rings. The predicted octanol–water partition coefficient (Wildman–Crippen LogP) is 5.57. The summed E-state index contributed by atoms with van der Waals surface area (Å²) in [4.78, 5) is 30.1. The van der Waals surface area contributed by atoms with E-state index in [0.29, 0.717) is 29.2 Å². The van der Waals surface area contributed by atoms with Crippen LogP contribution in [0.2, 0.25) is 0 Å². The molecule has 0 amide bonds. The Morgan fingerprint density at radius 3 is 2.36 bits per heavy atom. The molecule has 218 valence electrons. The Hall–Kier alpha value is -5.54. The van der Waals surface area contributed by atoms with Crippen molar-refractivity contribution in [2.75, 3.05) is 36.8 Å². The van der Waals surface area contributed by atoms with E-state index in [1.165, 1.54) is 5.56 Å². The van der Waals surface area contributed by atoms with Crippen LogP contribution in [0.4, 0.5) is 11.5 Å². The number of phenolic OH excluding ortho intramolecular Hbond substituents is 1. The van der Waals surface area contributed by atoms with Gasteiger partial charge in [0.25, 0.3) is 0 Å². The number of hydrogen-bond acceptors (Lipinski definition) is 8. The second-order valence-electron chi connectivity index (χ2n) is 10.9. The number of pyridine rings is 2. The first-order chi connectivity index (χ1) is 21.6. The molecule has 3 aromatic heterocycles. The molecule has 1 aliphatic heterocycles. The van der Waals surface area contributed by atoms with Gasteiger partial charge in [0.1, 0.15) is 17.1 Å². The van der Waals surface area contributed by atoms with Gasteiger partial charge in [-0.2, -0.15) is 0 Å². The van der Waals surface area contributed by atoms with Crippen LogP contribution < -0.4 is 10.6 Å². The van der Waals surface area contributed by atoms with Crippen LogP contribution in [0.1, 0.15) is 15.9 Å². The number of hydrogen-bond donors (Lipinski definition) is 2. The quantitative estimate of drug-likeness (QED) is 0.235. The molecule has 3 aromatic carbocycles. The van der Waals surface area contributed by atoms with Gasteiger partial charge >= 0.3 is 0 Å².